The SMILES string of the molecule is O=C(Cc1cnc2ccccc2c1-c1ccccc1)ON1C(=O)CCC1=O.O=C(O)Cc1cnc2ccccc2c1-c1ccccc1.O=C1CCC(=O)N1O. The fourth-order valence-electron chi connectivity index (χ4n) is 6.20. The van der Waals surface area contributed by atoms with E-state index in [0.717, 1.165) is 49.6 Å². The van der Waals surface area contributed by atoms with Crippen LogP contribution in [0, 0.1) is 0 Å². The second-order valence-corrected chi connectivity index (χ2v) is 12.5. The van der Waals surface area contributed by atoms with Gasteiger partial charge in [0.05, 0.1) is 23.9 Å². The summed E-state index contributed by atoms with van der Waals surface area (Å²) in [4.78, 5) is 81.0. The monoisotopic (exact) mass is 738 g/mol. The number of amides is 4. The highest BCUT2D eigenvalue weighted by atomic mass is 16.7. The van der Waals surface area contributed by atoms with Crippen LogP contribution in [0.5, 0.6) is 0 Å². The van der Waals surface area contributed by atoms with E-state index in [0.29, 0.717) is 10.6 Å². The van der Waals surface area contributed by atoms with E-state index in [1.54, 1.807) is 12.4 Å². The lowest BCUT2D eigenvalue weighted by atomic mass is 9.95. The van der Waals surface area contributed by atoms with Gasteiger partial charge in [-0.05, 0) is 45.5 Å². The summed E-state index contributed by atoms with van der Waals surface area (Å²) >= 11 is 0. The van der Waals surface area contributed by atoms with Gasteiger partial charge in [-0.3, -0.25) is 39.1 Å². The first-order chi connectivity index (χ1) is 26.6. The number of fused-ring (bicyclic) bond motifs is 2. The Hall–Kier alpha value is -7.12. The number of imide groups is 2. The van der Waals surface area contributed by atoms with Crippen molar-refractivity contribution in [1.29, 1.82) is 0 Å². The number of nitrogens with zero attached hydrogens (tertiary/aromatic N) is 4. The number of hydrogen-bond donors (Lipinski definition) is 2. The highest BCUT2D eigenvalue weighted by Gasteiger charge is 2.33. The number of carbonyl (C=O) groups is 6. The van der Waals surface area contributed by atoms with Gasteiger partial charge in [0.2, 0.25) is 0 Å². The predicted octanol–water partition coefficient (Wildman–Crippen LogP) is 6.11. The Labute approximate surface area is 314 Å². The maximum Gasteiger partial charge on any atom is 0.337 e. The van der Waals surface area contributed by atoms with Crippen molar-refractivity contribution in [3.8, 4) is 22.3 Å². The third kappa shape index (κ3) is 8.92. The molecule has 0 bridgehead atoms. The van der Waals surface area contributed by atoms with Gasteiger partial charge in [0, 0.05) is 48.8 Å². The lowest BCUT2D eigenvalue weighted by Crippen LogP contribution is -2.32. The normalized spacial score (nSPS) is 13.7. The molecule has 0 unspecified atom stereocenters. The maximum atomic E-state index is 12.4. The molecule has 276 valence electrons. The van der Waals surface area contributed by atoms with Crippen molar-refractivity contribution in [2.75, 3.05) is 0 Å². The number of pyridine rings is 2. The number of hydroxylamine groups is 4. The van der Waals surface area contributed by atoms with Gasteiger partial charge >= 0.3 is 11.9 Å². The minimum absolute atomic E-state index is 0.0257. The van der Waals surface area contributed by atoms with Crippen LogP contribution in [-0.4, -0.2) is 66.0 Å². The molecule has 55 heavy (non-hydrogen) atoms. The van der Waals surface area contributed by atoms with Crippen LogP contribution >= 0.6 is 0 Å². The summed E-state index contributed by atoms with van der Waals surface area (Å²) in [6.07, 6.45) is 3.61. The molecule has 2 fully saturated rings. The van der Waals surface area contributed by atoms with E-state index in [1.807, 2.05) is 109 Å². The molecule has 4 amide bonds. The Morgan fingerprint density at radius 1 is 0.564 bits per heavy atom. The number of carboxylic acid groups (broad SMARTS) is 1. The quantitative estimate of drug-likeness (QED) is 0.142. The van der Waals surface area contributed by atoms with E-state index < -0.39 is 35.6 Å². The fraction of sp³-hybridized carbons (Fsp3) is 0.143. The Balaban J connectivity index is 0.000000160. The van der Waals surface area contributed by atoms with Crippen LogP contribution in [-0.2, 0) is 46.4 Å². The first kappa shape index (κ1) is 37.6. The Morgan fingerprint density at radius 2 is 0.964 bits per heavy atom. The molecule has 13 nitrogen and oxygen atoms in total. The highest BCUT2D eigenvalue weighted by Crippen LogP contribution is 2.33. The summed E-state index contributed by atoms with van der Waals surface area (Å²) in [5, 5.41) is 20.1. The Bertz CT molecular complexity index is 2390. The third-order valence-electron chi connectivity index (χ3n) is 8.73. The van der Waals surface area contributed by atoms with Gasteiger partial charge in [-0.15, -0.1) is 5.06 Å². The molecule has 0 atom stereocenters. The first-order valence-corrected chi connectivity index (χ1v) is 17.3. The number of rotatable bonds is 7. The fourth-order valence-corrected chi connectivity index (χ4v) is 6.20. The molecule has 2 saturated heterocycles. The third-order valence-corrected chi connectivity index (χ3v) is 8.73. The highest BCUT2D eigenvalue weighted by molar-refractivity contribution is 6.02. The summed E-state index contributed by atoms with van der Waals surface area (Å²) in [6, 6.07) is 35.0. The average molecular weight is 739 g/mol. The van der Waals surface area contributed by atoms with Crippen LogP contribution in [0.4, 0.5) is 0 Å². The number of aliphatic carboxylic acids is 1. The van der Waals surface area contributed by atoms with Crippen LogP contribution in [0.1, 0.15) is 36.8 Å². The van der Waals surface area contributed by atoms with E-state index in [9.17, 15) is 28.8 Å². The number of carboxylic acids is 1. The molecule has 2 aromatic heterocycles. The van der Waals surface area contributed by atoms with Gasteiger partial charge in [0.15, 0.2) is 0 Å². The van der Waals surface area contributed by atoms with Crippen molar-refractivity contribution in [3.05, 3.63) is 133 Å². The summed E-state index contributed by atoms with van der Waals surface area (Å²) in [6.45, 7) is 0. The van der Waals surface area contributed by atoms with Gasteiger partial charge in [-0.25, -0.2) is 4.79 Å². The summed E-state index contributed by atoms with van der Waals surface area (Å²) in [7, 11) is 0. The minimum Gasteiger partial charge on any atom is -0.481 e. The second kappa shape index (κ2) is 17.1. The second-order valence-electron chi connectivity index (χ2n) is 12.5. The molecule has 4 aromatic carbocycles. The van der Waals surface area contributed by atoms with Crippen molar-refractivity contribution in [2.45, 2.75) is 38.5 Å². The van der Waals surface area contributed by atoms with Gasteiger partial charge < -0.3 is 9.94 Å². The number of para-hydroxylation sites is 2. The smallest absolute Gasteiger partial charge is 0.337 e. The maximum absolute atomic E-state index is 12.4. The predicted molar refractivity (Wildman–Crippen MR) is 199 cm³/mol. The van der Waals surface area contributed by atoms with Gasteiger partial charge in [-0.1, -0.05) is 97.1 Å². The molecule has 2 aliphatic heterocycles. The molecule has 0 radical (unpaired) electrons. The van der Waals surface area contributed by atoms with E-state index >= 15 is 0 Å². The molecule has 8 rings (SSSR count). The number of benzene rings is 4. The molecule has 6 aromatic rings. The van der Waals surface area contributed by atoms with E-state index in [1.165, 1.54) is 0 Å². The Kier molecular flexibility index (Phi) is 11.7. The molecule has 0 spiro atoms. The average Bonchev–Trinajstić information content (AvgIpc) is 3.68. The molecule has 2 N–H and O–H groups in total. The standard InChI is InChI=1S/C21H16N2O4.C17H13NO2.C4H5NO3/c24-18-10-11-19(25)23(18)27-20(26)12-15-13-22-17-9-5-4-8-16(17)21(15)14-6-2-1-3-7-14;19-16(20)10-13-11-18-15-9-5-4-8-14(15)17(13)12-6-2-1-3-7-12;6-3-1-2-4(7)5(3)8/h1-9,13H,10-12H2;1-9,11H,10H2,(H,19,20);8H,1-2H2. The van der Waals surface area contributed by atoms with Crippen LogP contribution in [0.15, 0.2) is 122 Å². The van der Waals surface area contributed by atoms with Crippen LogP contribution < -0.4 is 0 Å². The summed E-state index contributed by atoms with van der Waals surface area (Å²) in [5.74, 6) is -3.52. The zero-order valence-corrected chi connectivity index (χ0v) is 29.3. The van der Waals surface area contributed by atoms with E-state index in [4.69, 9.17) is 15.2 Å². The topological polar surface area (TPSA) is 184 Å². The van der Waals surface area contributed by atoms with Crippen molar-refractivity contribution in [3.63, 3.8) is 0 Å². The van der Waals surface area contributed by atoms with Crippen LogP contribution in [0.3, 0.4) is 0 Å². The van der Waals surface area contributed by atoms with Crippen molar-refractivity contribution in [2.24, 2.45) is 0 Å². The lowest BCUT2D eigenvalue weighted by Gasteiger charge is -2.15. The van der Waals surface area contributed by atoms with E-state index in [2.05, 4.69) is 9.97 Å². The summed E-state index contributed by atoms with van der Waals surface area (Å²) < 4.78 is 0. The zero-order chi connectivity index (χ0) is 38.9. The largest absolute Gasteiger partial charge is 0.481 e. The summed E-state index contributed by atoms with van der Waals surface area (Å²) in [5.41, 5.74) is 6.91. The Morgan fingerprint density at radius 3 is 1.38 bits per heavy atom. The zero-order valence-electron chi connectivity index (χ0n) is 29.3. The molecular weight excluding hydrogens is 704 g/mol. The molecule has 2 aliphatic rings. The molecule has 13 heteroatoms. The number of hydrogen-bond acceptors (Lipinski definition) is 10. The van der Waals surface area contributed by atoms with Crippen molar-refractivity contribution < 1.29 is 43.9 Å². The van der Waals surface area contributed by atoms with Crippen LogP contribution in [0.25, 0.3) is 44.1 Å². The van der Waals surface area contributed by atoms with Crippen LogP contribution in [0.2, 0.25) is 0 Å². The number of aromatic nitrogens is 2. The van der Waals surface area contributed by atoms with Gasteiger partial charge in [0.1, 0.15) is 0 Å². The molecule has 0 aliphatic carbocycles. The minimum atomic E-state index is -0.848. The lowest BCUT2D eigenvalue weighted by molar-refractivity contribution is -0.197. The molecule has 0 saturated carbocycles. The van der Waals surface area contributed by atoms with Crippen molar-refractivity contribution >= 4 is 57.4 Å². The van der Waals surface area contributed by atoms with E-state index in [-0.39, 0.29) is 43.6 Å². The first-order valence-electron chi connectivity index (χ1n) is 17.3. The van der Waals surface area contributed by atoms with Gasteiger partial charge in [0.25, 0.3) is 23.6 Å². The van der Waals surface area contributed by atoms with Gasteiger partial charge in [-0.2, -0.15) is 5.06 Å². The molecular formula is C42H34N4O9. The number of carbonyl (C=O) groups excluding carboxylic acids is 5. The van der Waals surface area contributed by atoms with Crippen molar-refractivity contribution in [1.82, 2.24) is 20.1 Å². The molecule has 4 heterocycles.